The van der Waals surface area contributed by atoms with E-state index in [9.17, 15) is 19.2 Å². The van der Waals surface area contributed by atoms with E-state index in [0.29, 0.717) is 47.3 Å². The molecule has 8 heteroatoms. The highest BCUT2D eigenvalue weighted by Crippen LogP contribution is 2.35. The van der Waals surface area contributed by atoms with E-state index in [0.717, 1.165) is 21.7 Å². The van der Waals surface area contributed by atoms with Crippen molar-refractivity contribution in [3.05, 3.63) is 94.5 Å². The van der Waals surface area contributed by atoms with Crippen molar-refractivity contribution >= 4 is 45.2 Å². The molecule has 0 bridgehead atoms. The van der Waals surface area contributed by atoms with Gasteiger partial charge < -0.3 is 9.47 Å². The summed E-state index contributed by atoms with van der Waals surface area (Å²) < 4.78 is 11.4. The van der Waals surface area contributed by atoms with E-state index in [1.165, 1.54) is 9.80 Å². The first-order valence-electron chi connectivity index (χ1n) is 14.3. The van der Waals surface area contributed by atoms with E-state index >= 15 is 0 Å². The first-order chi connectivity index (χ1) is 20.4. The summed E-state index contributed by atoms with van der Waals surface area (Å²) in [6, 6.07) is 20.4. The zero-order valence-electron chi connectivity index (χ0n) is 23.7. The van der Waals surface area contributed by atoms with E-state index in [-0.39, 0.29) is 55.8 Å². The fraction of sp³-hybridized carbons (Fsp3) is 0.294. The minimum absolute atomic E-state index is 0.143. The van der Waals surface area contributed by atoms with Gasteiger partial charge in [0.15, 0.2) is 0 Å². The zero-order chi connectivity index (χ0) is 29.4. The van der Waals surface area contributed by atoms with Crippen LogP contribution in [0.15, 0.2) is 66.7 Å². The summed E-state index contributed by atoms with van der Waals surface area (Å²) in [5.41, 5.74) is 3.15. The van der Waals surface area contributed by atoms with Crippen LogP contribution >= 0.6 is 0 Å². The first-order valence-corrected chi connectivity index (χ1v) is 14.3. The van der Waals surface area contributed by atoms with Crippen molar-refractivity contribution in [3.63, 3.8) is 0 Å². The topological polar surface area (TPSA) is 93.2 Å². The Labute approximate surface area is 243 Å². The van der Waals surface area contributed by atoms with Crippen LogP contribution in [0.3, 0.4) is 0 Å². The maximum absolute atomic E-state index is 13.5. The Bertz CT molecular complexity index is 1690. The summed E-state index contributed by atoms with van der Waals surface area (Å²) in [5, 5.41) is 3.21. The number of benzene rings is 4. The van der Waals surface area contributed by atoms with Gasteiger partial charge in [-0.1, -0.05) is 62.4 Å². The maximum Gasteiger partial charge on any atom is 0.261 e. The molecule has 0 saturated heterocycles. The molecule has 0 radical (unpaired) electrons. The van der Waals surface area contributed by atoms with Crippen molar-refractivity contribution < 1.29 is 28.7 Å². The average molecular weight is 565 g/mol. The lowest BCUT2D eigenvalue weighted by Crippen LogP contribution is -2.42. The van der Waals surface area contributed by atoms with Gasteiger partial charge in [-0.2, -0.15) is 0 Å². The second-order valence-corrected chi connectivity index (χ2v) is 10.9. The van der Waals surface area contributed by atoms with Crippen LogP contribution in [0.4, 0.5) is 0 Å². The lowest BCUT2D eigenvalue weighted by molar-refractivity contribution is 0.0437. The van der Waals surface area contributed by atoms with Gasteiger partial charge in [0.1, 0.15) is 0 Å². The van der Waals surface area contributed by atoms with Crippen LogP contribution in [-0.2, 0) is 9.47 Å². The van der Waals surface area contributed by atoms with Crippen LogP contribution in [0.5, 0.6) is 0 Å². The molecule has 0 atom stereocenters. The van der Waals surface area contributed by atoms with Crippen molar-refractivity contribution in [3.8, 4) is 0 Å². The molecule has 0 saturated carbocycles. The number of hydrogen-bond acceptors (Lipinski definition) is 6. The van der Waals surface area contributed by atoms with E-state index in [1.807, 2.05) is 62.4 Å². The third-order valence-electron chi connectivity index (χ3n) is 7.99. The van der Waals surface area contributed by atoms with Crippen LogP contribution in [0.1, 0.15) is 73.2 Å². The smallest absolute Gasteiger partial charge is 0.261 e. The summed E-state index contributed by atoms with van der Waals surface area (Å²) in [7, 11) is 0. The SMILES string of the molecule is CC(C)c1ccc2cccc3c2c1C(=O)N(CCOCCCOCCN1C(=O)c2cccc4cccc(c24)C1=O)C3=O. The Hall–Kier alpha value is -4.40. The van der Waals surface area contributed by atoms with Crippen molar-refractivity contribution in [2.45, 2.75) is 26.2 Å². The van der Waals surface area contributed by atoms with Crippen molar-refractivity contribution in [1.82, 2.24) is 9.80 Å². The molecule has 2 aliphatic heterocycles. The van der Waals surface area contributed by atoms with Crippen LogP contribution in [0, 0.1) is 0 Å². The van der Waals surface area contributed by atoms with Gasteiger partial charge in [-0.05, 0) is 46.9 Å². The molecular weight excluding hydrogens is 532 g/mol. The summed E-state index contributed by atoms with van der Waals surface area (Å²) in [4.78, 5) is 55.1. The number of carbonyl (C=O) groups excluding carboxylic acids is 4. The van der Waals surface area contributed by atoms with Gasteiger partial charge in [-0.3, -0.25) is 29.0 Å². The van der Waals surface area contributed by atoms with Crippen molar-refractivity contribution in [2.75, 3.05) is 39.5 Å². The zero-order valence-corrected chi connectivity index (χ0v) is 23.7. The molecule has 2 heterocycles. The van der Waals surface area contributed by atoms with E-state index in [4.69, 9.17) is 9.47 Å². The summed E-state index contributed by atoms with van der Waals surface area (Å²) in [6.45, 7) is 5.61. The van der Waals surface area contributed by atoms with Crippen LogP contribution in [0.2, 0.25) is 0 Å². The third kappa shape index (κ3) is 4.76. The molecule has 42 heavy (non-hydrogen) atoms. The number of carbonyl (C=O) groups is 4. The number of imide groups is 2. The van der Waals surface area contributed by atoms with Crippen LogP contribution in [-0.4, -0.2) is 72.9 Å². The average Bonchev–Trinajstić information content (AvgIpc) is 3.00. The largest absolute Gasteiger partial charge is 0.380 e. The molecule has 2 aliphatic rings. The second kappa shape index (κ2) is 11.5. The summed E-state index contributed by atoms with van der Waals surface area (Å²) >= 11 is 0. The van der Waals surface area contributed by atoms with Gasteiger partial charge in [0.25, 0.3) is 23.6 Å². The molecule has 214 valence electrons. The Morgan fingerprint density at radius 3 is 1.57 bits per heavy atom. The third-order valence-corrected chi connectivity index (χ3v) is 7.99. The van der Waals surface area contributed by atoms with Crippen molar-refractivity contribution in [2.24, 2.45) is 0 Å². The molecule has 0 fully saturated rings. The predicted molar refractivity (Wildman–Crippen MR) is 159 cm³/mol. The molecule has 0 unspecified atom stereocenters. The van der Waals surface area contributed by atoms with Crippen LogP contribution in [0.25, 0.3) is 21.5 Å². The fourth-order valence-electron chi connectivity index (χ4n) is 5.92. The molecular formula is C34H32N2O6. The Morgan fingerprint density at radius 1 is 0.571 bits per heavy atom. The summed E-state index contributed by atoms with van der Waals surface area (Å²) in [6.07, 6.45) is 0.589. The lowest BCUT2D eigenvalue weighted by Gasteiger charge is -2.29. The van der Waals surface area contributed by atoms with Gasteiger partial charge in [0.05, 0.1) is 31.9 Å². The standard InChI is InChI=1S/C34H32N2O6/c1-21(2)24-14-13-23-9-5-12-27-29(23)30(24)34(40)36(33(27)39)16-20-42-18-6-17-41-19-15-35-31(37)25-10-3-7-22-8-4-11-26(28(22)25)32(35)38/h3-5,7-14,21H,6,15-20H2,1-2H3. The molecule has 6 rings (SSSR count). The predicted octanol–water partition coefficient (Wildman–Crippen LogP) is 5.43. The number of rotatable bonds is 11. The molecule has 4 amide bonds. The van der Waals surface area contributed by atoms with Gasteiger partial charge in [0, 0.05) is 40.7 Å². The molecule has 0 aliphatic carbocycles. The highest BCUT2D eigenvalue weighted by molar-refractivity contribution is 6.26. The molecule has 0 N–H and O–H groups in total. The highest BCUT2D eigenvalue weighted by atomic mass is 16.5. The molecule has 0 spiro atoms. The van der Waals surface area contributed by atoms with E-state index in [2.05, 4.69) is 0 Å². The Kier molecular flexibility index (Phi) is 7.58. The lowest BCUT2D eigenvalue weighted by atomic mass is 9.87. The molecule has 8 nitrogen and oxygen atoms in total. The normalized spacial score (nSPS) is 14.6. The molecule has 4 aromatic rings. The maximum atomic E-state index is 13.5. The van der Waals surface area contributed by atoms with E-state index < -0.39 is 0 Å². The first kappa shape index (κ1) is 27.8. The Balaban J connectivity index is 0.966. The second-order valence-electron chi connectivity index (χ2n) is 10.9. The molecule has 4 aromatic carbocycles. The van der Waals surface area contributed by atoms with Crippen molar-refractivity contribution in [1.29, 1.82) is 0 Å². The number of ether oxygens (including phenoxy) is 2. The number of hydrogen-bond donors (Lipinski definition) is 0. The minimum Gasteiger partial charge on any atom is -0.380 e. The quantitative estimate of drug-likeness (QED) is 0.178. The van der Waals surface area contributed by atoms with Gasteiger partial charge in [-0.25, -0.2) is 0 Å². The summed E-state index contributed by atoms with van der Waals surface area (Å²) in [5.74, 6) is -1.05. The van der Waals surface area contributed by atoms with Gasteiger partial charge >= 0.3 is 0 Å². The molecule has 0 aromatic heterocycles. The Morgan fingerprint density at radius 2 is 1.05 bits per heavy atom. The van der Waals surface area contributed by atoms with Crippen LogP contribution < -0.4 is 0 Å². The van der Waals surface area contributed by atoms with Gasteiger partial charge in [-0.15, -0.1) is 0 Å². The minimum atomic E-state index is -0.308. The number of nitrogens with zero attached hydrogens (tertiary/aromatic N) is 2. The van der Waals surface area contributed by atoms with E-state index in [1.54, 1.807) is 18.2 Å². The highest BCUT2D eigenvalue weighted by Gasteiger charge is 2.35. The fourth-order valence-corrected chi connectivity index (χ4v) is 5.92. The number of amides is 4. The monoisotopic (exact) mass is 564 g/mol. The van der Waals surface area contributed by atoms with Gasteiger partial charge in [0.2, 0.25) is 0 Å².